The lowest BCUT2D eigenvalue weighted by atomic mass is 9.97. The van der Waals surface area contributed by atoms with Crippen LogP contribution < -0.4 is 14.8 Å². The molecule has 0 bridgehead atoms. The Hall–Kier alpha value is -3.10. The first kappa shape index (κ1) is 20.8. The lowest BCUT2D eigenvalue weighted by Gasteiger charge is -2.30. The van der Waals surface area contributed by atoms with E-state index in [9.17, 15) is 4.79 Å². The predicted molar refractivity (Wildman–Crippen MR) is 117 cm³/mol. The van der Waals surface area contributed by atoms with E-state index >= 15 is 0 Å². The van der Waals surface area contributed by atoms with E-state index in [1.807, 2.05) is 30.3 Å². The Kier molecular flexibility index (Phi) is 5.96. The molecule has 1 amide bonds. The molecule has 0 spiro atoms. The van der Waals surface area contributed by atoms with Crippen LogP contribution in [0.25, 0.3) is 11.4 Å². The normalized spacial score (nSPS) is 18.0. The van der Waals surface area contributed by atoms with Crippen LogP contribution in [0, 0.1) is 5.92 Å². The third-order valence-electron chi connectivity index (χ3n) is 5.71. The highest BCUT2D eigenvalue weighted by atomic mass is 35.5. The molecule has 1 unspecified atom stereocenters. The molecule has 2 aromatic carbocycles. The SMILES string of the molecule is O=C(NCc1ccc2c(c1)OCO2)C1CCCN(Cc2nc(-c3ccc(Cl)cc3)no2)C1. The summed E-state index contributed by atoms with van der Waals surface area (Å²) in [6, 6.07) is 13.0. The number of piperidine rings is 1. The quantitative estimate of drug-likeness (QED) is 0.608. The Labute approximate surface area is 190 Å². The minimum Gasteiger partial charge on any atom is -0.454 e. The first-order valence-electron chi connectivity index (χ1n) is 10.6. The monoisotopic (exact) mass is 454 g/mol. The number of ether oxygens (including phenoxy) is 2. The highest BCUT2D eigenvalue weighted by Gasteiger charge is 2.27. The van der Waals surface area contributed by atoms with E-state index in [1.165, 1.54) is 0 Å². The standard InChI is InChI=1S/C23H23ClN4O4/c24-18-6-4-16(5-7-18)22-26-21(32-27-22)13-28-9-1-2-17(12-28)23(29)25-11-15-3-8-19-20(10-15)31-14-30-19/h3-8,10,17H,1-2,9,11-14H2,(H,25,29). The molecule has 1 N–H and O–H groups in total. The summed E-state index contributed by atoms with van der Waals surface area (Å²) in [6.45, 7) is 2.77. The smallest absolute Gasteiger partial charge is 0.241 e. The third kappa shape index (κ3) is 4.71. The maximum atomic E-state index is 12.8. The van der Waals surface area contributed by atoms with Gasteiger partial charge in [-0.25, -0.2) is 0 Å². The lowest BCUT2D eigenvalue weighted by molar-refractivity contribution is -0.127. The Morgan fingerprint density at radius 1 is 1.16 bits per heavy atom. The second-order valence-corrected chi connectivity index (χ2v) is 8.43. The number of nitrogens with zero attached hydrogens (tertiary/aromatic N) is 3. The van der Waals surface area contributed by atoms with Gasteiger partial charge in [0.25, 0.3) is 0 Å². The van der Waals surface area contributed by atoms with Crippen LogP contribution >= 0.6 is 11.6 Å². The van der Waals surface area contributed by atoms with E-state index in [2.05, 4.69) is 20.4 Å². The zero-order valence-corrected chi connectivity index (χ0v) is 18.2. The molecular weight excluding hydrogens is 432 g/mol. The number of aromatic nitrogens is 2. The number of benzene rings is 2. The lowest BCUT2D eigenvalue weighted by Crippen LogP contribution is -2.42. The highest BCUT2D eigenvalue weighted by molar-refractivity contribution is 6.30. The van der Waals surface area contributed by atoms with Gasteiger partial charge in [-0.1, -0.05) is 22.8 Å². The van der Waals surface area contributed by atoms with Gasteiger partial charge in [0, 0.05) is 23.7 Å². The van der Waals surface area contributed by atoms with Gasteiger partial charge < -0.3 is 19.3 Å². The molecule has 0 saturated carbocycles. The second-order valence-electron chi connectivity index (χ2n) is 8.00. The van der Waals surface area contributed by atoms with Gasteiger partial charge in [-0.2, -0.15) is 4.98 Å². The first-order valence-corrected chi connectivity index (χ1v) is 11.0. The van der Waals surface area contributed by atoms with Crippen LogP contribution in [0.5, 0.6) is 11.5 Å². The summed E-state index contributed by atoms with van der Waals surface area (Å²) in [7, 11) is 0. The van der Waals surface area contributed by atoms with Crippen molar-refractivity contribution < 1.29 is 18.8 Å². The van der Waals surface area contributed by atoms with Crippen molar-refractivity contribution in [2.24, 2.45) is 5.92 Å². The summed E-state index contributed by atoms with van der Waals surface area (Å²) in [4.78, 5) is 19.4. The van der Waals surface area contributed by atoms with E-state index in [1.54, 1.807) is 12.1 Å². The van der Waals surface area contributed by atoms with E-state index in [-0.39, 0.29) is 18.6 Å². The number of rotatable bonds is 6. The van der Waals surface area contributed by atoms with Crippen LogP contribution in [0.15, 0.2) is 47.0 Å². The largest absolute Gasteiger partial charge is 0.454 e. The molecule has 1 atom stereocenters. The maximum Gasteiger partial charge on any atom is 0.241 e. The topological polar surface area (TPSA) is 89.7 Å². The summed E-state index contributed by atoms with van der Waals surface area (Å²) in [5.74, 6) is 2.51. The van der Waals surface area contributed by atoms with Crippen molar-refractivity contribution in [2.45, 2.75) is 25.9 Å². The Balaban J connectivity index is 1.15. The molecular formula is C23H23ClN4O4. The average Bonchev–Trinajstić information content (AvgIpc) is 3.47. The van der Waals surface area contributed by atoms with Crippen molar-refractivity contribution in [2.75, 3.05) is 19.9 Å². The number of amides is 1. The number of hydrogen-bond acceptors (Lipinski definition) is 7. The molecule has 5 rings (SSSR count). The van der Waals surface area contributed by atoms with Crippen molar-refractivity contribution in [1.82, 2.24) is 20.4 Å². The van der Waals surface area contributed by atoms with Gasteiger partial charge in [-0.15, -0.1) is 0 Å². The van der Waals surface area contributed by atoms with Gasteiger partial charge in [-0.05, 0) is 61.3 Å². The summed E-state index contributed by atoms with van der Waals surface area (Å²) in [5, 5.41) is 7.78. The Bertz CT molecular complexity index is 1100. The number of hydrogen-bond donors (Lipinski definition) is 1. The molecule has 1 aromatic heterocycles. The van der Waals surface area contributed by atoms with Crippen LogP contribution in [0.4, 0.5) is 0 Å². The van der Waals surface area contributed by atoms with E-state index in [0.29, 0.717) is 36.4 Å². The minimum atomic E-state index is -0.0728. The number of halogens is 1. The number of carbonyl (C=O) groups excluding carboxylic acids is 1. The zero-order valence-electron chi connectivity index (χ0n) is 17.4. The molecule has 2 aliphatic rings. The van der Waals surface area contributed by atoms with Crippen molar-refractivity contribution in [1.29, 1.82) is 0 Å². The van der Waals surface area contributed by atoms with Crippen molar-refractivity contribution in [3.05, 3.63) is 58.9 Å². The third-order valence-corrected chi connectivity index (χ3v) is 5.96. The number of likely N-dealkylation sites (tertiary alicyclic amines) is 1. The van der Waals surface area contributed by atoms with Crippen LogP contribution in [-0.2, 0) is 17.9 Å². The molecule has 0 aliphatic carbocycles. The summed E-state index contributed by atoms with van der Waals surface area (Å²) < 4.78 is 16.2. The first-order chi connectivity index (χ1) is 15.6. The summed E-state index contributed by atoms with van der Waals surface area (Å²) in [6.07, 6.45) is 1.81. The van der Waals surface area contributed by atoms with Gasteiger partial charge in [0.1, 0.15) is 0 Å². The maximum absolute atomic E-state index is 12.8. The molecule has 1 fully saturated rings. The fraction of sp³-hybridized carbons (Fsp3) is 0.348. The molecule has 8 nitrogen and oxygen atoms in total. The van der Waals surface area contributed by atoms with Crippen molar-refractivity contribution >= 4 is 17.5 Å². The minimum absolute atomic E-state index is 0.0553. The molecule has 1 saturated heterocycles. The van der Waals surface area contributed by atoms with Gasteiger partial charge in [0.2, 0.25) is 24.4 Å². The zero-order chi connectivity index (χ0) is 21.9. The van der Waals surface area contributed by atoms with Gasteiger partial charge in [-0.3, -0.25) is 9.69 Å². The molecule has 3 aromatic rings. The van der Waals surface area contributed by atoms with Gasteiger partial charge in [0.15, 0.2) is 11.5 Å². The Morgan fingerprint density at radius 2 is 2.00 bits per heavy atom. The summed E-state index contributed by atoms with van der Waals surface area (Å²) in [5.41, 5.74) is 1.83. The molecule has 0 radical (unpaired) electrons. The second kappa shape index (κ2) is 9.18. The molecule has 32 heavy (non-hydrogen) atoms. The van der Waals surface area contributed by atoms with E-state index in [0.717, 1.165) is 42.0 Å². The van der Waals surface area contributed by atoms with E-state index in [4.69, 9.17) is 25.6 Å². The number of fused-ring (bicyclic) bond motifs is 1. The average molecular weight is 455 g/mol. The van der Waals surface area contributed by atoms with Gasteiger partial charge >= 0.3 is 0 Å². The Morgan fingerprint density at radius 3 is 2.88 bits per heavy atom. The van der Waals surface area contributed by atoms with Gasteiger partial charge in [0.05, 0.1) is 12.5 Å². The van der Waals surface area contributed by atoms with Crippen molar-refractivity contribution in [3.8, 4) is 22.9 Å². The van der Waals surface area contributed by atoms with Crippen LogP contribution in [0.2, 0.25) is 5.02 Å². The fourth-order valence-corrected chi connectivity index (χ4v) is 4.15. The summed E-state index contributed by atoms with van der Waals surface area (Å²) >= 11 is 5.94. The van der Waals surface area contributed by atoms with Crippen LogP contribution in [-0.4, -0.2) is 40.8 Å². The van der Waals surface area contributed by atoms with Crippen LogP contribution in [0.1, 0.15) is 24.3 Å². The molecule has 9 heteroatoms. The number of carbonyl (C=O) groups is 1. The van der Waals surface area contributed by atoms with E-state index < -0.39 is 0 Å². The molecule has 2 aliphatic heterocycles. The molecule has 166 valence electrons. The van der Waals surface area contributed by atoms with Crippen LogP contribution in [0.3, 0.4) is 0 Å². The molecule has 3 heterocycles. The fourth-order valence-electron chi connectivity index (χ4n) is 4.02. The van der Waals surface area contributed by atoms with Crippen molar-refractivity contribution in [3.63, 3.8) is 0 Å². The highest BCUT2D eigenvalue weighted by Crippen LogP contribution is 2.32. The number of nitrogens with one attached hydrogen (secondary N) is 1. The predicted octanol–water partition coefficient (Wildman–Crippen LogP) is 3.65.